The van der Waals surface area contributed by atoms with E-state index in [9.17, 15) is 9.18 Å². The van der Waals surface area contributed by atoms with Crippen LogP contribution >= 0.6 is 15.9 Å². The zero-order chi connectivity index (χ0) is 15.0. The van der Waals surface area contributed by atoms with Crippen molar-refractivity contribution < 1.29 is 9.18 Å². The number of hydrogen-bond donors (Lipinski definition) is 1. The first-order valence-electron chi connectivity index (χ1n) is 6.68. The summed E-state index contributed by atoms with van der Waals surface area (Å²) in [6, 6.07) is 11.0. The van der Waals surface area contributed by atoms with Crippen LogP contribution in [0, 0.1) is 12.7 Å². The van der Waals surface area contributed by atoms with E-state index in [-0.39, 0.29) is 11.7 Å². The highest BCUT2D eigenvalue weighted by Crippen LogP contribution is 2.38. The lowest BCUT2D eigenvalue weighted by atomic mass is 10.1. The van der Waals surface area contributed by atoms with Crippen molar-refractivity contribution in [2.24, 2.45) is 0 Å². The summed E-state index contributed by atoms with van der Waals surface area (Å²) in [7, 11) is 0. The number of carbonyl (C=O) groups is 1. The van der Waals surface area contributed by atoms with Crippen LogP contribution in [0.2, 0.25) is 0 Å². The Bertz CT molecular complexity index is 717. The summed E-state index contributed by atoms with van der Waals surface area (Å²) in [5.41, 5.74) is 3.36. The van der Waals surface area contributed by atoms with Crippen LogP contribution in [0.5, 0.6) is 0 Å². The second kappa shape index (κ2) is 5.48. The van der Waals surface area contributed by atoms with E-state index in [1.165, 1.54) is 6.07 Å². The van der Waals surface area contributed by atoms with Gasteiger partial charge in [-0.25, -0.2) is 4.39 Å². The molecule has 1 aliphatic heterocycles. The van der Waals surface area contributed by atoms with Crippen LogP contribution < -0.4 is 10.2 Å². The first-order chi connectivity index (χ1) is 10.1. The molecule has 3 nitrogen and oxygen atoms in total. The lowest BCUT2D eigenvalue weighted by Gasteiger charge is -2.26. The maximum absolute atomic E-state index is 13.9. The van der Waals surface area contributed by atoms with Gasteiger partial charge in [-0.2, -0.15) is 0 Å². The fourth-order valence-corrected chi connectivity index (χ4v) is 2.87. The molecule has 0 aromatic heterocycles. The maximum atomic E-state index is 13.9. The number of nitrogens with one attached hydrogen (secondary N) is 1. The monoisotopic (exact) mass is 348 g/mol. The summed E-state index contributed by atoms with van der Waals surface area (Å²) >= 11 is 3.17. The Morgan fingerprint density at radius 3 is 2.76 bits per heavy atom. The quantitative estimate of drug-likeness (QED) is 0.829. The summed E-state index contributed by atoms with van der Waals surface area (Å²) < 4.78 is 14.3. The molecule has 0 fully saturated rings. The summed E-state index contributed by atoms with van der Waals surface area (Å²) in [6.07, 6.45) is 0.363. The van der Waals surface area contributed by atoms with Gasteiger partial charge in [-0.05, 0) is 40.5 Å². The van der Waals surface area contributed by atoms with Crippen molar-refractivity contribution in [2.45, 2.75) is 13.3 Å². The van der Waals surface area contributed by atoms with Crippen molar-refractivity contribution in [1.82, 2.24) is 0 Å². The van der Waals surface area contributed by atoms with E-state index in [1.807, 2.05) is 36.1 Å². The molecular formula is C16H14BrFN2O. The molecule has 1 N–H and O–H groups in total. The molecule has 0 bridgehead atoms. The first kappa shape index (κ1) is 14.1. The number of amides is 1. The molecule has 1 aliphatic rings. The summed E-state index contributed by atoms with van der Waals surface area (Å²) in [4.78, 5) is 13.8. The SMILES string of the molecule is Cc1ccccc1N1CCC(=O)Nc2cc(Br)c(F)cc21. The normalized spacial score (nSPS) is 14.4. The van der Waals surface area contributed by atoms with E-state index in [0.717, 1.165) is 11.3 Å². The van der Waals surface area contributed by atoms with E-state index in [2.05, 4.69) is 21.2 Å². The number of anilines is 3. The van der Waals surface area contributed by atoms with Gasteiger partial charge in [0.25, 0.3) is 0 Å². The summed E-state index contributed by atoms with van der Waals surface area (Å²) in [5, 5.41) is 2.83. The maximum Gasteiger partial charge on any atom is 0.226 e. The second-order valence-corrected chi connectivity index (χ2v) is 5.87. The van der Waals surface area contributed by atoms with Crippen molar-refractivity contribution in [3.05, 3.63) is 52.3 Å². The molecule has 0 unspecified atom stereocenters. The van der Waals surface area contributed by atoms with Gasteiger partial charge in [0.05, 0.1) is 15.8 Å². The third kappa shape index (κ3) is 2.65. The summed E-state index contributed by atoms with van der Waals surface area (Å²) in [5.74, 6) is -0.408. The molecule has 0 saturated heterocycles. The van der Waals surface area contributed by atoms with E-state index < -0.39 is 0 Å². The molecule has 108 valence electrons. The second-order valence-electron chi connectivity index (χ2n) is 5.02. The first-order valence-corrected chi connectivity index (χ1v) is 7.47. The van der Waals surface area contributed by atoms with Crippen LogP contribution in [0.15, 0.2) is 40.9 Å². The highest BCUT2D eigenvalue weighted by atomic mass is 79.9. The van der Waals surface area contributed by atoms with Crippen molar-refractivity contribution in [2.75, 3.05) is 16.8 Å². The fraction of sp³-hybridized carbons (Fsp3) is 0.188. The molecule has 3 rings (SSSR count). The Morgan fingerprint density at radius 2 is 2.00 bits per heavy atom. The Balaban J connectivity index is 2.17. The number of rotatable bonds is 1. The molecule has 2 aromatic carbocycles. The standard InChI is InChI=1S/C16H14BrFN2O/c1-10-4-2-3-5-14(10)20-7-6-16(21)19-13-8-11(17)12(18)9-15(13)20/h2-5,8-9H,6-7H2,1H3,(H,19,21). The molecule has 0 saturated carbocycles. The topological polar surface area (TPSA) is 32.3 Å². The van der Waals surface area contributed by atoms with Crippen molar-refractivity contribution in [3.8, 4) is 0 Å². The highest BCUT2D eigenvalue weighted by Gasteiger charge is 2.23. The molecule has 5 heteroatoms. The van der Waals surface area contributed by atoms with Crippen molar-refractivity contribution >= 4 is 38.9 Å². The zero-order valence-corrected chi connectivity index (χ0v) is 13.1. The molecule has 0 atom stereocenters. The molecule has 21 heavy (non-hydrogen) atoms. The van der Waals surface area contributed by atoms with E-state index in [0.29, 0.717) is 28.8 Å². The van der Waals surface area contributed by atoms with Gasteiger partial charge in [0.2, 0.25) is 5.91 Å². The van der Waals surface area contributed by atoms with Gasteiger partial charge in [-0.15, -0.1) is 0 Å². The third-order valence-corrected chi connectivity index (χ3v) is 4.18. The van der Waals surface area contributed by atoms with Crippen LogP contribution in [0.1, 0.15) is 12.0 Å². The molecule has 1 heterocycles. The number of hydrogen-bond acceptors (Lipinski definition) is 2. The molecule has 0 aliphatic carbocycles. The Hall–Kier alpha value is -1.88. The van der Waals surface area contributed by atoms with Crippen LogP contribution in [0.3, 0.4) is 0 Å². The number of benzene rings is 2. The number of carbonyl (C=O) groups excluding carboxylic acids is 1. The Kier molecular flexibility index (Phi) is 3.68. The zero-order valence-electron chi connectivity index (χ0n) is 11.5. The average molecular weight is 349 g/mol. The van der Waals surface area contributed by atoms with Gasteiger partial charge in [-0.3, -0.25) is 4.79 Å². The largest absolute Gasteiger partial charge is 0.339 e. The molecule has 2 aromatic rings. The predicted octanol–water partition coefficient (Wildman–Crippen LogP) is 4.38. The molecule has 0 radical (unpaired) electrons. The van der Waals surface area contributed by atoms with Gasteiger partial charge < -0.3 is 10.2 Å². The molecule has 0 spiro atoms. The minimum Gasteiger partial charge on any atom is -0.339 e. The molecular weight excluding hydrogens is 335 g/mol. The average Bonchev–Trinajstić information content (AvgIpc) is 2.59. The number of para-hydroxylation sites is 1. The lowest BCUT2D eigenvalue weighted by molar-refractivity contribution is -0.115. The Morgan fingerprint density at radius 1 is 1.24 bits per heavy atom. The number of nitrogens with zero attached hydrogens (tertiary/aromatic N) is 1. The molecule has 1 amide bonds. The van der Waals surface area contributed by atoms with Crippen molar-refractivity contribution in [1.29, 1.82) is 0 Å². The lowest BCUT2D eigenvalue weighted by Crippen LogP contribution is -2.19. The van der Waals surface area contributed by atoms with Gasteiger partial charge in [0.15, 0.2) is 0 Å². The van der Waals surface area contributed by atoms with Crippen LogP contribution in [-0.2, 0) is 4.79 Å². The predicted molar refractivity (Wildman–Crippen MR) is 85.5 cm³/mol. The fourth-order valence-electron chi connectivity index (χ4n) is 2.52. The van der Waals surface area contributed by atoms with Crippen LogP contribution in [0.25, 0.3) is 0 Å². The smallest absolute Gasteiger partial charge is 0.226 e. The van der Waals surface area contributed by atoms with Crippen LogP contribution in [0.4, 0.5) is 21.5 Å². The number of fused-ring (bicyclic) bond motifs is 1. The minimum atomic E-state index is -0.344. The van der Waals surface area contributed by atoms with E-state index >= 15 is 0 Å². The van der Waals surface area contributed by atoms with Crippen LogP contribution in [-0.4, -0.2) is 12.5 Å². The van der Waals surface area contributed by atoms with Gasteiger partial charge in [-0.1, -0.05) is 18.2 Å². The highest BCUT2D eigenvalue weighted by molar-refractivity contribution is 9.10. The van der Waals surface area contributed by atoms with Gasteiger partial charge >= 0.3 is 0 Å². The van der Waals surface area contributed by atoms with Crippen molar-refractivity contribution in [3.63, 3.8) is 0 Å². The van der Waals surface area contributed by atoms with E-state index in [1.54, 1.807) is 6.07 Å². The number of halogens is 2. The number of aryl methyl sites for hydroxylation is 1. The Labute approximate surface area is 130 Å². The summed E-state index contributed by atoms with van der Waals surface area (Å²) in [6.45, 7) is 2.52. The van der Waals surface area contributed by atoms with E-state index in [4.69, 9.17) is 0 Å². The minimum absolute atomic E-state index is 0.0640. The van der Waals surface area contributed by atoms with Gasteiger partial charge in [0, 0.05) is 24.7 Å². The third-order valence-electron chi connectivity index (χ3n) is 3.57. The van der Waals surface area contributed by atoms with Gasteiger partial charge in [0.1, 0.15) is 5.82 Å².